The molecule has 2 aromatic carbocycles. The van der Waals surface area contributed by atoms with E-state index in [9.17, 15) is 35.2 Å². The molecule has 0 atom stereocenters. The molecule has 0 spiro atoms. The van der Waals surface area contributed by atoms with Crippen LogP contribution in [-0.2, 0) is 10.0 Å². The van der Waals surface area contributed by atoms with Gasteiger partial charge in [0.15, 0.2) is 29.1 Å². The molecule has 1 heterocycles. The summed E-state index contributed by atoms with van der Waals surface area (Å²) in [6.45, 7) is 0.821. The van der Waals surface area contributed by atoms with Crippen molar-refractivity contribution < 1.29 is 35.2 Å². The number of nitrogens with zero attached hydrogens (tertiary/aromatic N) is 1. The lowest BCUT2D eigenvalue weighted by Crippen LogP contribution is -2.31. The zero-order valence-corrected chi connectivity index (χ0v) is 17.0. The number of hydrogen-bond donors (Lipinski definition) is 0. The molecular formula is C21H18F5NO3S. The van der Waals surface area contributed by atoms with Crippen LogP contribution in [0.4, 0.5) is 22.0 Å². The van der Waals surface area contributed by atoms with E-state index in [2.05, 4.69) is 0 Å². The first-order valence-electron chi connectivity index (χ1n) is 9.48. The third-order valence-electron chi connectivity index (χ3n) is 4.99. The van der Waals surface area contributed by atoms with E-state index >= 15 is 0 Å². The van der Waals surface area contributed by atoms with Crippen molar-refractivity contribution in [1.82, 2.24) is 4.31 Å². The van der Waals surface area contributed by atoms with Gasteiger partial charge in [0.1, 0.15) is 0 Å². The SMILES string of the molecule is O=C(C=Cc1c(F)c(F)c(F)c(F)c1F)c1ccc(S(=O)(=O)N2CCCCCC2)cc1. The Balaban J connectivity index is 1.81. The fourth-order valence-electron chi connectivity index (χ4n) is 3.25. The summed E-state index contributed by atoms with van der Waals surface area (Å²) in [5.74, 6) is -11.4. The summed E-state index contributed by atoms with van der Waals surface area (Å²) in [6, 6.07) is 4.91. The predicted octanol–water partition coefficient (Wildman–Crippen LogP) is 4.84. The largest absolute Gasteiger partial charge is 0.289 e. The fraction of sp³-hybridized carbons (Fsp3) is 0.286. The van der Waals surface area contributed by atoms with Crippen LogP contribution in [0.1, 0.15) is 41.6 Å². The molecule has 1 saturated heterocycles. The highest BCUT2D eigenvalue weighted by atomic mass is 32.2. The minimum Gasteiger partial charge on any atom is -0.289 e. The van der Waals surface area contributed by atoms with E-state index in [1.54, 1.807) is 0 Å². The molecular weight excluding hydrogens is 441 g/mol. The van der Waals surface area contributed by atoms with Crippen LogP contribution < -0.4 is 0 Å². The molecule has 0 aromatic heterocycles. The van der Waals surface area contributed by atoms with E-state index in [-0.39, 0.29) is 10.5 Å². The molecule has 1 fully saturated rings. The Labute approximate surface area is 176 Å². The van der Waals surface area contributed by atoms with Crippen LogP contribution in [-0.4, -0.2) is 31.6 Å². The second kappa shape index (κ2) is 9.27. The van der Waals surface area contributed by atoms with Crippen molar-refractivity contribution in [2.75, 3.05) is 13.1 Å². The molecule has 0 bridgehead atoms. The summed E-state index contributed by atoms with van der Waals surface area (Å²) >= 11 is 0. The second-order valence-corrected chi connectivity index (χ2v) is 8.96. The van der Waals surface area contributed by atoms with Crippen molar-refractivity contribution in [3.05, 3.63) is 70.6 Å². The number of allylic oxidation sites excluding steroid dienone is 1. The maximum absolute atomic E-state index is 13.7. The third-order valence-corrected chi connectivity index (χ3v) is 6.90. The van der Waals surface area contributed by atoms with Crippen molar-refractivity contribution in [2.24, 2.45) is 0 Å². The first-order valence-corrected chi connectivity index (χ1v) is 10.9. The van der Waals surface area contributed by atoms with Crippen LogP contribution >= 0.6 is 0 Å². The number of carbonyl (C=O) groups is 1. The van der Waals surface area contributed by atoms with Crippen molar-refractivity contribution >= 4 is 21.9 Å². The molecule has 0 unspecified atom stereocenters. The Morgan fingerprint density at radius 1 is 0.774 bits per heavy atom. The summed E-state index contributed by atoms with van der Waals surface area (Å²) < 4.78 is 93.8. The number of carbonyl (C=O) groups excluding carboxylic acids is 1. The van der Waals surface area contributed by atoms with Gasteiger partial charge in [0.05, 0.1) is 10.5 Å². The quantitative estimate of drug-likeness (QED) is 0.211. The Morgan fingerprint density at radius 2 is 1.26 bits per heavy atom. The van der Waals surface area contributed by atoms with E-state index in [1.807, 2.05) is 0 Å². The first-order chi connectivity index (χ1) is 14.6. The van der Waals surface area contributed by atoms with Crippen LogP contribution in [0.3, 0.4) is 0 Å². The maximum Gasteiger partial charge on any atom is 0.243 e. The van der Waals surface area contributed by atoms with Gasteiger partial charge in [-0.05, 0) is 49.3 Å². The number of sulfonamides is 1. The molecule has 0 aliphatic carbocycles. The summed E-state index contributed by atoms with van der Waals surface area (Å²) in [7, 11) is -3.72. The highest BCUT2D eigenvalue weighted by Crippen LogP contribution is 2.25. The van der Waals surface area contributed by atoms with Crippen molar-refractivity contribution in [2.45, 2.75) is 30.6 Å². The number of ketones is 1. The molecule has 166 valence electrons. The summed E-state index contributed by atoms with van der Waals surface area (Å²) in [4.78, 5) is 12.2. The van der Waals surface area contributed by atoms with Gasteiger partial charge in [-0.1, -0.05) is 12.8 Å². The van der Waals surface area contributed by atoms with Crippen LogP contribution in [0.5, 0.6) is 0 Å². The molecule has 0 amide bonds. The highest BCUT2D eigenvalue weighted by Gasteiger charge is 2.26. The Hall–Kier alpha value is -2.59. The predicted molar refractivity (Wildman–Crippen MR) is 103 cm³/mol. The molecule has 0 saturated carbocycles. The van der Waals surface area contributed by atoms with Gasteiger partial charge in [-0.25, -0.2) is 30.4 Å². The fourth-order valence-corrected chi connectivity index (χ4v) is 4.76. The number of benzene rings is 2. The smallest absolute Gasteiger partial charge is 0.243 e. The number of hydrogen-bond acceptors (Lipinski definition) is 3. The molecule has 31 heavy (non-hydrogen) atoms. The van der Waals surface area contributed by atoms with Gasteiger partial charge >= 0.3 is 0 Å². The van der Waals surface area contributed by atoms with E-state index in [1.165, 1.54) is 28.6 Å². The van der Waals surface area contributed by atoms with Crippen molar-refractivity contribution in [1.29, 1.82) is 0 Å². The molecule has 2 aromatic rings. The number of halogens is 5. The zero-order chi connectivity index (χ0) is 22.8. The van der Waals surface area contributed by atoms with Crippen molar-refractivity contribution in [3.8, 4) is 0 Å². The Kier molecular flexibility index (Phi) is 6.90. The molecule has 3 rings (SSSR count). The summed E-state index contributed by atoms with van der Waals surface area (Å²) in [6.07, 6.45) is 4.57. The first kappa shape index (κ1) is 23.1. The van der Waals surface area contributed by atoms with Gasteiger partial charge in [0.2, 0.25) is 15.8 Å². The van der Waals surface area contributed by atoms with Gasteiger partial charge in [0.25, 0.3) is 0 Å². The number of rotatable bonds is 5. The maximum atomic E-state index is 13.7. The van der Waals surface area contributed by atoms with Gasteiger partial charge < -0.3 is 0 Å². The minimum atomic E-state index is -3.72. The summed E-state index contributed by atoms with van der Waals surface area (Å²) in [5, 5.41) is 0. The van der Waals surface area contributed by atoms with Gasteiger partial charge in [0, 0.05) is 18.7 Å². The standard InChI is InChI=1S/C21H18F5NO3S/c22-17-15(18(23)20(25)21(26)19(17)24)9-10-16(28)13-5-7-14(8-6-13)31(29,30)27-11-3-1-2-4-12-27/h5-10H,1-4,11-12H2. The van der Waals surface area contributed by atoms with E-state index in [0.717, 1.165) is 25.7 Å². The monoisotopic (exact) mass is 459 g/mol. The Morgan fingerprint density at radius 3 is 1.77 bits per heavy atom. The van der Waals surface area contributed by atoms with Gasteiger partial charge in [-0.2, -0.15) is 4.31 Å². The Bertz CT molecular complexity index is 1090. The van der Waals surface area contributed by atoms with Gasteiger partial charge in [-0.15, -0.1) is 0 Å². The average molecular weight is 459 g/mol. The van der Waals surface area contributed by atoms with Crippen LogP contribution in [0, 0.1) is 29.1 Å². The van der Waals surface area contributed by atoms with Crippen LogP contribution in [0.25, 0.3) is 6.08 Å². The second-order valence-electron chi connectivity index (χ2n) is 7.02. The lowest BCUT2D eigenvalue weighted by atomic mass is 10.1. The highest BCUT2D eigenvalue weighted by molar-refractivity contribution is 7.89. The van der Waals surface area contributed by atoms with Crippen LogP contribution in [0.15, 0.2) is 35.2 Å². The third kappa shape index (κ3) is 4.69. The molecule has 10 heteroatoms. The molecule has 4 nitrogen and oxygen atoms in total. The molecule has 0 radical (unpaired) electrons. The lowest BCUT2D eigenvalue weighted by Gasteiger charge is -2.19. The van der Waals surface area contributed by atoms with E-state index < -0.39 is 50.5 Å². The summed E-state index contributed by atoms with van der Waals surface area (Å²) in [5.41, 5.74) is -1.26. The topological polar surface area (TPSA) is 54.5 Å². The normalized spacial score (nSPS) is 15.9. The van der Waals surface area contributed by atoms with E-state index in [4.69, 9.17) is 0 Å². The average Bonchev–Trinajstić information content (AvgIpc) is 3.06. The van der Waals surface area contributed by atoms with Gasteiger partial charge in [-0.3, -0.25) is 4.79 Å². The van der Waals surface area contributed by atoms with Crippen molar-refractivity contribution in [3.63, 3.8) is 0 Å². The molecule has 1 aliphatic rings. The van der Waals surface area contributed by atoms with E-state index in [0.29, 0.717) is 25.2 Å². The zero-order valence-electron chi connectivity index (χ0n) is 16.2. The van der Waals surface area contributed by atoms with Crippen LogP contribution in [0.2, 0.25) is 0 Å². The molecule has 0 N–H and O–H groups in total. The lowest BCUT2D eigenvalue weighted by molar-refractivity contribution is 0.104. The minimum absolute atomic E-state index is 0.00491. The molecule has 1 aliphatic heterocycles.